The highest BCUT2D eigenvalue weighted by Crippen LogP contribution is 2.41. The van der Waals surface area contributed by atoms with Crippen LogP contribution < -0.4 is 20.7 Å². The van der Waals surface area contributed by atoms with Crippen molar-refractivity contribution in [3.8, 4) is 11.8 Å². The number of hydrogen-bond acceptors (Lipinski definition) is 7. The van der Waals surface area contributed by atoms with Gasteiger partial charge in [0, 0.05) is 5.69 Å². The van der Waals surface area contributed by atoms with Gasteiger partial charge in [0.25, 0.3) is 5.91 Å². The molecule has 3 aromatic rings. The van der Waals surface area contributed by atoms with Crippen molar-refractivity contribution in [2.45, 2.75) is 12.8 Å². The van der Waals surface area contributed by atoms with E-state index >= 15 is 0 Å². The van der Waals surface area contributed by atoms with Crippen molar-refractivity contribution >= 4 is 35.0 Å². The molecule has 1 unspecified atom stereocenters. The molecular weight excluding hydrogens is 476 g/mol. The summed E-state index contributed by atoms with van der Waals surface area (Å²) in [5.74, 6) is -0.151. The van der Waals surface area contributed by atoms with Crippen LogP contribution >= 0.6 is 11.8 Å². The van der Waals surface area contributed by atoms with Gasteiger partial charge in [0.2, 0.25) is 5.91 Å². The van der Waals surface area contributed by atoms with Crippen LogP contribution in [-0.4, -0.2) is 24.7 Å². The van der Waals surface area contributed by atoms with E-state index in [2.05, 4.69) is 22.0 Å². The van der Waals surface area contributed by atoms with Gasteiger partial charge in [0.15, 0.2) is 0 Å². The van der Waals surface area contributed by atoms with Gasteiger partial charge in [-0.1, -0.05) is 42.1 Å². The molecule has 1 aliphatic rings. The van der Waals surface area contributed by atoms with Crippen molar-refractivity contribution in [3.05, 3.63) is 101 Å². The number of furan rings is 1. The van der Waals surface area contributed by atoms with Crippen LogP contribution in [0.25, 0.3) is 0 Å². The van der Waals surface area contributed by atoms with Crippen LogP contribution in [0.4, 0.5) is 11.4 Å². The molecule has 1 atom stereocenters. The number of nitrogens with one attached hydrogen (secondary N) is 3. The summed E-state index contributed by atoms with van der Waals surface area (Å²) >= 11 is 1.25. The first kappa shape index (κ1) is 24.7. The minimum absolute atomic E-state index is 0.0837. The Bertz CT molecular complexity index is 1360. The molecular formula is C27H24N4O4S. The molecule has 2 heterocycles. The maximum absolute atomic E-state index is 13.5. The molecule has 0 radical (unpaired) electrons. The van der Waals surface area contributed by atoms with Crippen molar-refractivity contribution in [2.75, 3.05) is 23.5 Å². The van der Waals surface area contributed by atoms with Crippen molar-refractivity contribution < 1.29 is 18.7 Å². The molecule has 182 valence electrons. The number of allylic oxidation sites excluding steroid dienone is 2. The van der Waals surface area contributed by atoms with Crippen LogP contribution in [0.5, 0.6) is 5.75 Å². The zero-order valence-electron chi connectivity index (χ0n) is 19.7. The summed E-state index contributed by atoms with van der Waals surface area (Å²) in [7, 11) is 1.52. The second-order valence-electron chi connectivity index (χ2n) is 7.84. The van der Waals surface area contributed by atoms with E-state index in [1.807, 2.05) is 37.3 Å². The number of methoxy groups -OCH3 is 1. The van der Waals surface area contributed by atoms with Gasteiger partial charge in [-0.05, 0) is 48.9 Å². The SMILES string of the molecule is COc1ccccc1NC(=O)C1=C(C#N)NC(SCC(=O)Nc2ccccc2)=C(C)C1c1ccco1. The minimum atomic E-state index is -0.620. The standard InChI is InChI=1S/C27H24N4O4S/c1-17-24(22-13-8-14-35-22)25(26(33)30-19-11-6-7-12-21(19)34-2)20(15-28)31-27(17)36-16-23(32)29-18-9-4-3-5-10-18/h3-14,24,31H,16H2,1-2H3,(H,29,32)(H,30,33). The molecule has 0 saturated carbocycles. The summed E-state index contributed by atoms with van der Waals surface area (Å²) < 4.78 is 11.0. The highest BCUT2D eigenvalue weighted by atomic mass is 32.2. The number of hydrogen-bond donors (Lipinski definition) is 3. The van der Waals surface area contributed by atoms with E-state index in [1.54, 1.807) is 36.4 Å². The first-order valence-electron chi connectivity index (χ1n) is 11.1. The second-order valence-corrected chi connectivity index (χ2v) is 8.83. The molecule has 9 heteroatoms. The number of nitrogens with zero attached hydrogens (tertiary/aromatic N) is 1. The fourth-order valence-electron chi connectivity index (χ4n) is 3.86. The molecule has 0 saturated heterocycles. The number of benzene rings is 2. The molecule has 1 aliphatic heterocycles. The van der Waals surface area contributed by atoms with E-state index < -0.39 is 11.8 Å². The molecule has 3 N–H and O–H groups in total. The average molecular weight is 501 g/mol. The summed E-state index contributed by atoms with van der Waals surface area (Å²) in [4.78, 5) is 26.0. The lowest BCUT2D eigenvalue weighted by Crippen LogP contribution is -2.31. The van der Waals surface area contributed by atoms with Crippen LogP contribution in [-0.2, 0) is 9.59 Å². The zero-order valence-corrected chi connectivity index (χ0v) is 20.5. The predicted molar refractivity (Wildman–Crippen MR) is 139 cm³/mol. The number of thioether (sulfide) groups is 1. The second kappa shape index (κ2) is 11.3. The number of carbonyl (C=O) groups is 2. The lowest BCUT2D eigenvalue weighted by Gasteiger charge is -2.28. The number of rotatable bonds is 8. The molecule has 36 heavy (non-hydrogen) atoms. The monoisotopic (exact) mass is 500 g/mol. The molecule has 8 nitrogen and oxygen atoms in total. The van der Waals surface area contributed by atoms with E-state index in [1.165, 1.54) is 25.1 Å². The van der Waals surface area contributed by atoms with Crippen LogP contribution in [0.3, 0.4) is 0 Å². The molecule has 2 amide bonds. The molecule has 2 aromatic carbocycles. The third kappa shape index (κ3) is 5.45. The van der Waals surface area contributed by atoms with Gasteiger partial charge in [-0.25, -0.2) is 0 Å². The Hall–Kier alpha value is -4.42. The van der Waals surface area contributed by atoms with Crippen molar-refractivity contribution in [1.82, 2.24) is 5.32 Å². The van der Waals surface area contributed by atoms with Gasteiger partial charge >= 0.3 is 0 Å². The summed E-state index contributed by atoms with van der Waals surface area (Å²) in [6, 6.07) is 21.8. The van der Waals surface area contributed by atoms with Gasteiger partial charge in [-0.15, -0.1) is 0 Å². The number of dihydropyridines is 1. The summed E-state index contributed by atoms with van der Waals surface area (Å²) in [5, 5.41) is 19.3. The van der Waals surface area contributed by atoms with Crippen LogP contribution in [0, 0.1) is 11.3 Å². The number of anilines is 2. The predicted octanol–water partition coefficient (Wildman–Crippen LogP) is 4.99. The first-order chi connectivity index (χ1) is 17.5. The fraction of sp³-hybridized carbons (Fsp3) is 0.148. The third-order valence-electron chi connectivity index (χ3n) is 5.53. The van der Waals surface area contributed by atoms with Crippen LogP contribution in [0.2, 0.25) is 0 Å². The average Bonchev–Trinajstić information content (AvgIpc) is 3.43. The molecule has 4 rings (SSSR count). The normalized spacial score (nSPS) is 15.1. The molecule has 0 bridgehead atoms. The lowest BCUT2D eigenvalue weighted by atomic mass is 9.86. The first-order valence-corrected chi connectivity index (χ1v) is 12.1. The Morgan fingerprint density at radius 2 is 1.83 bits per heavy atom. The smallest absolute Gasteiger partial charge is 0.255 e. The molecule has 0 aliphatic carbocycles. The largest absolute Gasteiger partial charge is 0.495 e. The fourth-order valence-corrected chi connectivity index (χ4v) is 4.73. The highest BCUT2D eigenvalue weighted by Gasteiger charge is 2.36. The van der Waals surface area contributed by atoms with Crippen LogP contribution in [0.15, 0.2) is 99.3 Å². The Morgan fingerprint density at radius 3 is 2.53 bits per heavy atom. The molecule has 0 fully saturated rings. The van der Waals surface area contributed by atoms with Gasteiger partial charge in [0.05, 0.1) is 41.3 Å². The van der Waals surface area contributed by atoms with E-state index in [0.717, 1.165) is 5.57 Å². The maximum atomic E-state index is 13.5. The van der Waals surface area contributed by atoms with Gasteiger partial charge in [0.1, 0.15) is 23.3 Å². The number of amides is 2. The minimum Gasteiger partial charge on any atom is -0.495 e. The quantitative estimate of drug-likeness (QED) is 0.399. The van der Waals surface area contributed by atoms with Crippen molar-refractivity contribution in [1.29, 1.82) is 5.26 Å². The Balaban J connectivity index is 1.60. The molecule has 0 spiro atoms. The summed E-state index contributed by atoms with van der Waals surface area (Å²) in [6.07, 6.45) is 1.52. The van der Waals surface area contributed by atoms with Gasteiger partial charge in [-0.3, -0.25) is 9.59 Å². The lowest BCUT2D eigenvalue weighted by molar-refractivity contribution is -0.114. The third-order valence-corrected chi connectivity index (χ3v) is 6.65. The van der Waals surface area contributed by atoms with Crippen molar-refractivity contribution in [2.24, 2.45) is 0 Å². The van der Waals surface area contributed by atoms with E-state index in [0.29, 0.717) is 27.9 Å². The zero-order chi connectivity index (χ0) is 25.5. The Morgan fingerprint density at radius 1 is 1.08 bits per heavy atom. The van der Waals surface area contributed by atoms with E-state index in [-0.39, 0.29) is 22.9 Å². The van der Waals surface area contributed by atoms with Gasteiger partial charge < -0.3 is 25.1 Å². The van der Waals surface area contributed by atoms with Gasteiger partial charge in [-0.2, -0.15) is 5.26 Å². The van der Waals surface area contributed by atoms with E-state index in [4.69, 9.17) is 9.15 Å². The Labute approximate surface area is 213 Å². The number of carbonyl (C=O) groups excluding carboxylic acids is 2. The van der Waals surface area contributed by atoms with Crippen molar-refractivity contribution in [3.63, 3.8) is 0 Å². The number of nitriles is 1. The summed E-state index contributed by atoms with van der Waals surface area (Å²) in [5.41, 5.74) is 2.24. The Kier molecular flexibility index (Phi) is 7.78. The van der Waals surface area contributed by atoms with Crippen LogP contribution in [0.1, 0.15) is 18.6 Å². The topological polar surface area (TPSA) is 116 Å². The highest BCUT2D eigenvalue weighted by molar-refractivity contribution is 8.03. The summed E-state index contributed by atoms with van der Waals surface area (Å²) in [6.45, 7) is 1.85. The maximum Gasteiger partial charge on any atom is 0.255 e. The van der Waals surface area contributed by atoms with E-state index in [9.17, 15) is 14.9 Å². The number of para-hydroxylation sites is 3. The number of ether oxygens (including phenoxy) is 1. The molecule has 1 aromatic heterocycles.